The van der Waals surface area contributed by atoms with Gasteiger partial charge in [-0.25, -0.2) is 0 Å². The van der Waals surface area contributed by atoms with Gasteiger partial charge in [-0.15, -0.1) is 0 Å². The lowest BCUT2D eigenvalue weighted by Crippen LogP contribution is -2.30. The van der Waals surface area contributed by atoms with Gasteiger partial charge in [0.15, 0.2) is 11.5 Å². The van der Waals surface area contributed by atoms with Crippen LogP contribution >= 0.6 is 0 Å². The van der Waals surface area contributed by atoms with Crippen LogP contribution in [0.25, 0.3) is 21.9 Å². The highest BCUT2D eigenvalue weighted by atomic mass is 16.5. The maximum absolute atomic E-state index is 12.6. The van der Waals surface area contributed by atoms with Crippen LogP contribution in [0.1, 0.15) is 29.8 Å². The largest absolute Gasteiger partial charge is 0.493 e. The second-order valence-corrected chi connectivity index (χ2v) is 6.95. The average Bonchev–Trinajstić information content (AvgIpc) is 2.66. The number of amides is 1. The number of aryl methyl sites for hydroxylation is 1. The van der Waals surface area contributed by atoms with E-state index >= 15 is 0 Å². The predicted octanol–water partition coefficient (Wildman–Crippen LogP) is 4.97. The Bertz CT molecular complexity index is 975. The van der Waals surface area contributed by atoms with Crippen LogP contribution in [0.5, 0.6) is 11.5 Å². The van der Waals surface area contributed by atoms with Crippen molar-refractivity contribution in [3.63, 3.8) is 0 Å². The first kappa shape index (κ1) is 18.8. The van der Waals surface area contributed by atoms with Crippen LogP contribution in [0.15, 0.2) is 48.5 Å². The molecule has 4 nitrogen and oxygen atoms in total. The van der Waals surface area contributed by atoms with Gasteiger partial charge in [-0.05, 0) is 66.9 Å². The average molecular weight is 363 g/mol. The van der Waals surface area contributed by atoms with Crippen LogP contribution in [0.2, 0.25) is 0 Å². The molecular weight excluding hydrogens is 338 g/mol. The molecular formula is C23H25NO3. The Morgan fingerprint density at radius 2 is 1.56 bits per heavy atom. The van der Waals surface area contributed by atoms with Crippen LogP contribution in [0.3, 0.4) is 0 Å². The number of hydrogen-bond acceptors (Lipinski definition) is 3. The first-order valence-corrected chi connectivity index (χ1v) is 9.00. The molecule has 0 aromatic heterocycles. The number of carbonyl (C=O) groups is 1. The standard InChI is InChI=1S/C23H25NO3/c1-14(2)24-23(25)18-10-17-12-21(26-4)22(27-5)13-20(17)19(11-18)16-8-6-15(3)7-9-16/h6-14H,1-5H3,(H,24,25). The van der Waals surface area contributed by atoms with Gasteiger partial charge in [-0.2, -0.15) is 0 Å². The van der Waals surface area contributed by atoms with Crippen molar-refractivity contribution in [2.75, 3.05) is 14.2 Å². The molecule has 0 saturated carbocycles. The molecule has 27 heavy (non-hydrogen) atoms. The molecule has 1 N–H and O–H groups in total. The first-order chi connectivity index (χ1) is 12.9. The molecule has 140 valence electrons. The summed E-state index contributed by atoms with van der Waals surface area (Å²) < 4.78 is 10.9. The minimum absolute atomic E-state index is 0.0708. The maximum atomic E-state index is 12.6. The van der Waals surface area contributed by atoms with Crippen molar-refractivity contribution in [2.24, 2.45) is 0 Å². The normalized spacial score (nSPS) is 10.9. The lowest BCUT2D eigenvalue weighted by atomic mass is 9.94. The monoisotopic (exact) mass is 363 g/mol. The Kier molecular flexibility index (Phi) is 5.36. The Balaban J connectivity index is 2.28. The number of methoxy groups -OCH3 is 2. The number of fused-ring (bicyclic) bond motifs is 1. The van der Waals surface area contributed by atoms with Gasteiger partial charge >= 0.3 is 0 Å². The molecule has 0 bridgehead atoms. The molecule has 0 saturated heterocycles. The van der Waals surface area contributed by atoms with Gasteiger partial charge in [0.2, 0.25) is 0 Å². The zero-order valence-corrected chi connectivity index (χ0v) is 16.4. The van der Waals surface area contributed by atoms with E-state index in [2.05, 4.69) is 36.5 Å². The molecule has 3 aromatic carbocycles. The zero-order chi connectivity index (χ0) is 19.6. The minimum atomic E-state index is -0.0879. The van der Waals surface area contributed by atoms with E-state index in [1.165, 1.54) is 5.56 Å². The molecule has 3 rings (SSSR count). The second kappa shape index (κ2) is 7.70. The van der Waals surface area contributed by atoms with E-state index in [1.54, 1.807) is 14.2 Å². The minimum Gasteiger partial charge on any atom is -0.493 e. The Morgan fingerprint density at radius 3 is 2.15 bits per heavy atom. The molecule has 4 heteroatoms. The highest BCUT2D eigenvalue weighted by Gasteiger charge is 2.15. The number of benzene rings is 3. The summed E-state index contributed by atoms with van der Waals surface area (Å²) in [6.45, 7) is 5.96. The van der Waals surface area contributed by atoms with Crippen molar-refractivity contribution in [2.45, 2.75) is 26.8 Å². The van der Waals surface area contributed by atoms with E-state index < -0.39 is 0 Å². The molecule has 0 aliphatic heterocycles. The molecule has 3 aromatic rings. The topological polar surface area (TPSA) is 47.6 Å². The van der Waals surface area contributed by atoms with Crippen LogP contribution in [-0.4, -0.2) is 26.2 Å². The van der Waals surface area contributed by atoms with E-state index in [0.29, 0.717) is 17.1 Å². The van der Waals surface area contributed by atoms with Gasteiger partial charge in [-0.1, -0.05) is 29.8 Å². The van der Waals surface area contributed by atoms with Crippen LogP contribution < -0.4 is 14.8 Å². The number of rotatable bonds is 5. The summed E-state index contributed by atoms with van der Waals surface area (Å²) in [7, 11) is 3.24. The lowest BCUT2D eigenvalue weighted by molar-refractivity contribution is 0.0943. The van der Waals surface area contributed by atoms with Crippen LogP contribution in [-0.2, 0) is 0 Å². The van der Waals surface area contributed by atoms with Gasteiger partial charge in [0.1, 0.15) is 0 Å². The fourth-order valence-corrected chi connectivity index (χ4v) is 3.14. The number of carbonyl (C=O) groups excluding carboxylic acids is 1. The summed E-state index contributed by atoms with van der Waals surface area (Å²) in [4.78, 5) is 12.6. The Labute approximate surface area is 160 Å². The first-order valence-electron chi connectivity index (χ1n) is 9.00. The maximum Gasteiger partial charge on any atom is 0.251 e. The van der Waals surface area contributed by atoms with E-state index in [4.69, 9.17) is 9.47 Å². The van der Waals surface area contributed by atoms with E-state index in [0.717, 1.165) is 21.9 Å². The highest BCUT2D eigenvalue weighted by Crippen LogP contribution is 2.38. The van der Waals surface area contributed by atoms with Gasteiger partial charge in [-0.3, -0.25) is 4.79 Å². The molecule has 0 atom stereocenters. The van der Waals surface area contributed by atoms with Crippen LogP contribution in [0, 0.1) is 6.92 Å². The van der Waals surface area contributed by atoms with Gasteiger partial charge in [0, 0.05) is 11.6 Å². The predicted molar refractivity (Wildman–Crippen MR) is 110 cm³/mol. The molecule has 1 amide bonds. The fraction of sp³-hybridized carbons (Fsp3) is 0.261. The van der Waals surface area contributed by atoms with Crippen LogP contribution in [0.4, 0.5) is 0 Å². The number of hydrogen-bond donors (Lipinski definition) is 1. The van der Waals surface area contributed by atoms with Crippen molar-refractivity contribution in [1.29, 1.82) is 0 Å². The second-order valence-electron chi connectivity index (χ2n) is 6.95. The highest BCUT2D eigenvalue weighted by molar-refractivity contribution is 6.05. The molecule has 0 radical (unpaired) electrons. The zero-order valence-electron chi connectivity index (χ0n) is 16.4. The third kappa shape index (κ3) is 3.90. The van der Waals surface area contributed by atoms with E-state index in [-0.39, 0.29) is 11.9 Å². The smallest absolute Gasteiger partial charge is 0.251 e. The molecule has 0 aliphatic rings. The number of nitrogens with one attached hydrogen (secondary N) is 1. The summed E-state index contributed by atoms with van der Waals surface area (Å²) in [5.41, 5.74) is 3.86. The third-order valence-electron chi connectivity index (χ3n) is 4.50. The molecule has 0 spiro atoms. The van der Waals surface area contributed by atoms with Crippen molar-refractivity contribution in [3.8, 4) is 22.6 Å². The van der Waals surface area contributed by atoms with Gasteiger partial charge < -0.3 is 14.8 Å². The summed E-state index contributed by atoms with van der Waals surface area (Å²) >= 11 is 0. The van der Waals surface area contributed by atoms with Gasteiger partial charge in [0.05, 0.1) is 14.2 Å². The quantitative estimate of drug-likeness (QED) is 0.696. The SMILES string of the molecule is COc1cc2cc(C(=O)NC(C)C)cc(-c3ccc(C)cc3)c2cc1OC. The number of ether oxygens (including phenoxy) is 2. The summed E-state index contributed by atoms with van der Waals surface area (Å²) in [5.74, 6) is 1.22. The van der Waals surface area contributed by atoms with Crippen molar-refractivity contribution >= 4 is 16.7 Å². The Hall–Kier alpha value is -3.01. The summed E-state index contributed by atoms with van der Waals surface area (Å²) in [6.07, 6.45) is 0. The van der Waals surface area contributed by atoms with E-state index in [9.17, 15) is 4.79 Å². The molecule has 0 fully saturated rings. The fourth-order valence-electron chi connectivity index (χ4n) is 3.14. The Morgan fingerprint density at radius 1 is 0.926 bits per heavy atom. The van der Waals surface area contributed by atoms with Gasteiger partial charge in [0.25, 0.3) is 5.91 Å². The van der Waals surface area contributed by atoms with Crippen molar-refractivity contribution in [1.82, 2.24) is 5.32 Å². The molecule has 0 aliphatic carbocycles. The van der Waals surface area contributed by atoms with E-state index in [1.807, 2.05) is 38.1 Å². The lowest BCUT2D eigenvalue weighted by Gasteiger charge is -2.15. The molecule has 0 unspecified atom stereocenters. The summed E-state index contributed by atoms with van der Waals surface area (Å²) in [5, 5.41) is 4.91. The summed E-state index contributed by atoms with van der Waals surface area (Å²) in [6, 6.07) is 16.1. The van der Waals surface area contributed by atoms with Crippen molar-refractivity contribution in [3.05, 3.63) is 59.7 Å². The van der Waals surface area contributed by atoms with Crippen molar-refractivity contribution < 1.29 is 14.3 Å². The third-order valence-corrected chi connectivity index (χ3v) is 4.50. The molecule has 0 heterocycles.